The van der Waals surface area contributed by atoms with Crippen molar-refractivity contribution in [3.05, 3.63) is 150 Å². The molecule has 0 saturated carbocycles. The number of esters is 4. The molecular formula is C47H40O15. The molecule has 4 heterocycles. The highest BCUT2D eigenvalue weighted by molar-refractivity contribution is 5.93. The topological polar surface area (TPSA) is 184 Å². The number of aryl methyl sites for hydroxylation is 1. The molecule has 2 saturated heterocycles. The SMILES string of the molecule is O=C(Oc1ccc(CCC2CO2)cc1)c1ccc(C(=O)Oc2ccc(OCCCCOc3ccc(OC(=O)c4ccc(C(=O)Oc5ccc(OCC6CO6)cc5)o4)cc3)cc2)o1. The third-order valence-corrected chi connectivity index (χ3v) is 9.33. The Labute approximate surface area is 354 Å². The van der Waals surface area contributed by atoms with Crippen LogP contribution in [0.3, 0.4) is 0 Å². The van der Waals surface area contributed by atoms with E-state index in [0.29, 0.717) is 68.4 Å². The first kappa shape index (κ1) is 41.4. The average Bonchev–Trinajstić information content (AvgIpc) is 4.20. The quantitative estimate of drug-likeness (QED) is 0.0293. The van der Waals surface area contributed by atoms with Gasteiger partial charge in [-0.1, -0.05) is 12.1 Å². The molecule has 8 rings (SSSR count). The Balaban J connectivity index is 0.690. The Morgan fingerprint density at radius 3 is 1.10 bits per heavy atom. The summed E-state index contributed by atoms with van der Waals surface area (Å²) in [5, 5.41) is 0. The van der Waals surface area contributed by atoms with E-state index in [1.807, 2.05) is 12.1 Å². The normalized spacial score (nSPS) is 14.9. The first-order valence-electron chi connectivity index (χ1n) is 19.9. The lowest BCUT2D eigenvalue weighted by Gasteiger charge is -2.09. The molecule has 4 aromatic carbocycles. The second-order valence-corrected chi connectivity index (χ2v) is 14.1. The zero-order valence-electron chi connectivity index (χ0n) is 33.2. The van der Waals surface area contributed by atoms with Crippen LogP contribution in [-0.2, 0) is 15.9 Å². The summed E-state index contributed by atoms with van der Waals surface area (Å²) in [5.41, 5.74) is 1.12. The molecule has 2 aromatic heterocycles. The van der Waals surface area contributed by atoms with Crippen LogP contribution in [0.5, 0.6) is 40.2 Å². The van der Waals surface area contributed by atoms with Gasteiger partial charge in [0.2, 0.25) is 23.0 Å². The molecular weight excluding hydrogens is 805 g/mol. The third kappa shape index (κ3) is 12.1. The van der Waals surface area contributed by atoms with Crippen molar-refractivity contribution in [2.24, 2.45) is 0 Å². The zero-order chi connectivity index (χ0) is 42.7. The van der Waals surface area contributed by atoms with E-state index >= 15 is 0 Å². The molecule has 0 bridgehead atoms. The maximum Gasteiger partial charge on any atom is 0.379 e. The number of hydrogen-bond donors (Lipinski definition) is 0. The van der Waals surface area contributed by atoms with E-state index in [1.165, 1.54) is 24.3 Å². The fraction of sp³-hybridized carbons (Fsp3) is 0.234. The lowest BCUT2D eigenvalue weighted by Crippen LogP contribution is -2.09. The van der Waals surface area contributed by atoms with Crippen molar-refractivity contribution >= 4 is 23.9 Å². The minimum absolute atomic E-state index is 0.128. The summed E-state index contributed by atoms with van der Waals surface area (Å²) in [6.45, 7) is 2.82. The molecule has 2 unspecified atom stereocenters. The van der Waals surface area contributed by atoms with Crippen molar-refractivity contribution < 1.29 is 70.6 Å². The predicted octanol–water partition coefficient (Wildman–Crippen LogP) is 8.10. The molecule has 2 aliphatic rings. The largest absolute Gasteiger partial charge is 0.494 e. The third-order valence-electron chi connectivity index (χ3n) is 9.33. The molecule has 0 aliphatic carbocycles. The van der Waals surface area contributed by atoms with E-state index in [4.69, 9.17) is 51.5 Å². The molecule has 6 aromatic rings. The molecule has 0 spiro atoms. The van der Waals surface area contributed by atoms with Gasteiger partial charge in [-0.3, -0.25) is 0 Å². The Morgan fingerprint density at radius 1 is 0.419 bits per heavy atom. The number of ether oxygens (including phenoxy) is 9. The van der Waals surface area contributed by atoms with Crippen LogP contribution in [0, 0.1) is 0 Å². The van der Waals surface area contributed by atoms with Crippen LogP contribution in [0.25, 0.3) is 0 Å². The number of epoxide rings is 2. The van der Waals surface area contributed by atoms with E-state index in [-0.39, 0.29) is 46.4 Å². The van der Waals surface area contributed by atoms with Crippen LogP contribution in [-0.4, -0.2) is 69.1 Å². The fourth-order valence-corrected chi connectivity index (χ4v) is 5.78. The van der Waals surface area contributed by atoms with E-state index in [9.17, 15) is 19.2 Å². The molecule has 2 fully saturated rings. The molecule has 15 heteroatoms. The Kier molecular flexibility index (Phi) is 13.2. The fourth-order valence-electron chi connectivity index (χ4n) is 5.78. The highest BCUT2D eigenvalue weighted by Crippen LogP contribution is 2.25. The highest BCUT2D eigenvalue weighted by atomic mass is 16.6. The second kappa shape index (κ2) is 19.8. The van der Waals surface area contributed by atoms with Crippen LogP contribution in [0.15, 0.2) is 130 Å². The van der Waals surface area contributed by atoms with Gasteiger partial charge in [-0.25, -0.2) is 19.2 Å². The number of benzene rings is 4. The first-order valence-corrected chi connectivity index (χ1v) is 19.9. The van der Waals surface area contributed by atoms with Gasteiger partial charge in [0.1, 0.15) is 53.0 Å². The number of carbonyl (C=O) groups is 4. The predicted molar refractivity (Wildman–Crippen MR) is 217 cm³/mol. The van der Waals surface area contributed by atoms with E-state index < -0.39 is 23.9 Å². The van der Waals surface area contributed by atoms with Crippen LogP contribution < -0.4 is 33.2 Å². The minimum Gasteiger partial charge on any atom is -0.494 e. The number of hydrogen-bond acceptors (Lipinski definition) is 15. The molecule has 15 nitrogen and oxygen atoms in total. The summed E-state index contributed by atoms with van der Waals surface area (Å²) in [6, 6.07) is 32.1. The van der Waals surface area contributed by atoms with Crippen molar-refractivity contribution in [1.29, 1.82) is 0 Å². The number of carbonyl (C=O) groups excluding carboxylic acids is 4. The van der Waals surface area contributed by atoms with Gasteiger partial charge >= 0.3 is 23.9 Å². The van der Waals surface area contributed by atoms with Gasteiger partial charge < -0.3 is 51.5 Å². The van der Waals surface area contributed by atoms with Gasteiger partial charge in [-0.05, 0) is 140 Å². The van der Waals surface area contributed by atoms with Crippen molar-refractivity contribution in [3.8, 4) is 40.2 Å². The Hall–Kier alpha value is -7.36. The molecule has 2 aliphatic heterocycles. The van der Waals surface area contributed by atoms with Crippen molar-refractivity contribution in [1.82, 2.24) is 0 Å². The zero-order valence-corrected chi connectivity index (χ0v) is 33.2. The number of rotatable bonds is 21. The van der Waals surface area contributed by atoms with Crippen molar-refractivity contribution in [3.63, 3.8) is 0 Å². The van der Waals surface area contributed by atoms with Gasteiger partial charge in [0.15, 0.2) is 0 Å². The summed E-state index contributed by atoms with van der Waals surface area (Å²) in [6.07, 6.45) is 3.72. The molecule has 0 amide bonds. The monoisotopic (exact) mass is 844 g/mol. The molecule has 318 valence electrons. The maximum absolute atomic E-state index is 12.7. The van der Waals surface area contributed by atoms with Crippen LogP contribution in [0.1, 0.15) is 67.0 Å². The Bertz CT molecular complexity index is 2270. The Morgan fingerprint density at radius 2 is 0.742 bits per heavy atom. The number of furan rings is 2. The smallest absolute Gasteiger partial charge is 0.379 e. The van der Waals surface area contributed by atoms with Crippen LogP contribution >= 0.6 is 0 Å². The highest BCUT2D eigenvalue weighted by Gasteiger charge is 2.24. The van der Waals surface area contributed by atoms with E-state index in [0.717, 1.165) is 25.0 Å². The summed E-state index contributed by atoms with van der Waals surface area (Å²) in [4.78, 5) is 50.4. The summed E-state index contributed by atoms with van der Waals surface area (Å²) in [5.74, 6) is -0.719. The van der Waals surface area contributed by atoms with Crippen LogP contribution in [0.4, 0.5) is 0 Å². The van der Waals surface area contributed by atoms with Gasteiger partial charge in [0.25, 0.3) is 0 Å². The first-order chi connectivity index (χ1) is 30.3. The van der Waals surface area contributed by atoms with Crippen molar-refractivity contribution in [2.45, 2.75) is 37.9 Å². The maximum atomic E-state index is 12.7. The molecule has 2 atom stereocenters. The number of unbranched alkanes of at least 4 members (excludes halogenated alkanes) is 1. The molecule has 0 N–H and O–H groups in total. The lowest BCUT2D eigenvalue weighted by molar-refractivity contribution is 0.0653. The van der Waals surface area contributed by atoms with Gasteiger partial charge in [0.05, 0.1) is 32.5 Å². The second-order valence-electron chi connectivity index (χ2n) is 14.1. The lowest BCUT2D eigenvalue weighted by atomic mass is 10.1. The van der Waals surface area contributed by atoms with Gasteiger partial charge in [-0.2, -0.15) is 0 Å². The van der Waals surface area contributed by atoms with E-state index in [2.05, 4.69) is 0 Å². The summed E-state index contributed by atoms with van der Waals surface area (Å²) < 4.78 is 59.8. The summed E-state index contributed by atoms with van der Waals surface area (Å²) in [7, 11) is 0. The molecule has 62 heavy (non-hydrogen) atoms. The average molecular weight is 845 g/mol. The van der Waals surface area contributed by atoms with Gasteiger partial charge in [-0.15, -0.1) is 0 Å². The van der Waals surface area contributed by atoms with Crippen molar-refractivity contribution in [2.75, 3.05) is 33.0 Å². The molecule has 0 radical (unpaired) electrons. The summed E-state index contributed by atoms with van der Waals surface area (Å²) >= 11 is 0. The van der Waals surface area contributed by atoms with Crippen LogP contribution in [0.2, 0.25) is 0 Å². The van der Waals surface area contributed by atoms with E-state index in [1.54, 1.807) is 84.9 Å². The van der Waals surface area contributed by atoms with Gasteiger partial charge in [0, 0.05) is 0 Å². The minimum atomic E-state index is -0.786. The standard InChI is InChI=1S/C47H40O15/c48-44(57-34-6-3-30(4-7-34)5-8-38-27-55-38)40-21-22-41(61-40)45(49)58-35-15-9-31(10-16-35)52-25-1-2-26-53-32-11-17-36(18-12-32)59-46(50)42-23-24-43(62-42)47(51)60-37-19-13-33(14-20-37)54-28-39-29-56-39/h3-4,6-7,9-24,38-39H,1-2,5,8,25-29H2.